The maximum absolute atomic E-state index is 5.80. The third-order valence-corrected chi connectivity index (χ3v) is 2.27. The first-order valence-electron chi connectivity index (χ1n) is 5.23. The van der Waals surface area contributed by atoms with E-state index in [0.29, 0.717) is 12.3 Å². The Morgan fingerprint density at radius 1 is 1.47 bits per heavy atom. The number of anilines is 2. The summed E-state index contributed by atoms with van der Waals surface area (Å²) in [5.74, 6) is 0.794. The Kier molecular flexibility index (Phi) is 2.97. The molecule has 1 aliphatic heterocycles. The largest absolute Gasteiger partial charge is 0.494 e. The highest BCUT2D eigenvalue weighted by atomic mass is 16.7. The highest BCUT2D eigenvalue weighted by Crippen LogP contribution is 2.27. The standard InChI is InChI=1S/C11H16N2O2/c1-2-14-11-7-9(12)6-10(8-11)13-4-3-5-15-13/h6-8H,2-5,12H2,1H3. The predicted octanol–water partition coefficient (Wildman–Crippen LogP) is 1.81. The van der Waals surface area contributed by atoms with Crippen LogP contribution in [0.1, 0.15) is 13.3 Å². The molecule has 0 saturated carbocycles. The second-order valence-corrected chi connectivity index (χ2v) is 3.48. The van der Waals surface area contributed by atoms with E-state index in [4.69, 9.17) is 15.3 Å². The highest BCUT2D eigenvalue weighted by Gasteiger charge is 2.14. The smallest absolute Gasteiger partial charge is 0.123 e. The molecule has 1 fully saturated rings. The van der Waals surface area contributed by atoms with Gasteiger partial charge in [0.25, 0.3) is 0 Å². The lowest BCUT2D eigenvalue weighted by Crippen LogP contribution is -2.16. The first-order chi connectivity index (χ1) is 7.29. The monoisotopic (exact) mass is 208 g/mol. The van der Waals surface area contributed by atoms with Gasteiger partial charge in [-0.1, -0.05) is 0 Å². The van der Waals surface area contributed by atoms with E-state index in [2.05, 4.69) is 0 Å². The van der Waals surface area contributed by atoms with Gasteiger partial charge in [0.05, 0.1) is 18.9 Å². The van der Waals surface area contributed by atoms with Crippen molar-refractivity contribution in [2.75, 3.05) is 30.6 Å². The fourth-order valence-corrected chi connectivity index (χ4v) is 1.65. The first kappa shape index (κ1) is 10.1. The Morgan fingerprint density at radius 2 is 2.33 bits per heavy atom. The Hall–Kier alpha value is -1.42. The third kappa shape index (κ3) is 2.33. The van der Waals surface area contributed by atoms with Crippen LogP contribution in [-0.2, 0) is 4.84 Å². The Bertz CT molecular complexity index is 335. The summed E-state index contributed by atoms with van der Waals surface area (Å²) < 4.78 is 5.42. The number of ether oxygens (including phenoxy) is 1. The molecule has 4 heteroatoms. The Morgan fingerprint density at radius 3 is 3.00 bits per heavy atom. The quantitative estimate of drug-likeness (QED) is 0.769. The van der Waals surface area contributed by atoms with Gasteiger partial charge in [-0.05, 0) is 19.4 Å². The van der Waals surface area contributed by atoms with E-state index >= 15 is 0 Å². The molecule has 0 atom stereocenters. The van der Waals surface area contributed by atoms with Crippen LogP contribution in [0.15, 0.2) is 18.2 Å². The maximum atomic E-state index is 5.80. The lowest BCUT2D eigenvalue weighted by molar-refractivity contribution is 0.168. The van der Waals surface area contributed by atoms with E-state index < -0.39 is 0 Å². The van der Waals surface area contributed by atoms with Crippen LogP contribution >= 0.6 is 0 Å². The Balaban J connectivity index is 2.22. The van der Waals surface area contributed by atoms with Crippen LogP contribution in [0.4, 0.5) is 11.4 Å². The van der Waals surface area contributed by atoms with E-state index in [1.807, 2.05) is 30.2 Å². The number of nitrogens with two attached hydrogens (primary N) is 1. The minimum atomic E-state index is 0.643. The Labute approximate surface area is 89.5 Å². The molecule has 0 radical (unpaired) electrons. The topological polar surface area (TPSA) is 47.7 Å². The zero-order valence-electron chi connectivity index (χ0n) is 8.90. The molecule has 1 saturated heterocycles. The molecule has 1 aromatic rings. The number of hydroxylamine groups is 1. The predicted molar refractivity (Wildman–Crippen MR) is 59.9 cm³/mol. The lowest BCUT2D eigenvalue weighted by atomic mass is 10.2. The maximum Gasteiger partial charge on any atom is 0.123 e. The van der Waals surface area contributed by atoms with Crippen LogP contribution < -0.4 is 15.5 Å². The number of nitrogen functional groups attached to an aromatic ring is 1. The fraction of sp³-hybridized carbons (Fsp3) is 0.455. The number of hydrogen-bond donors (Lipinski definition) is 1. The van der Waals surface area contributed by atoms with E-state index in [-0.39, 0.29) is 0 Å². The molecular formula is C11H16N2O2. The molecule has 4 nitrogen and oxygen atoms in total. The number of benzene rings is 1. The average Bonchev–Trinajstić information content (AvgIpc) is 2.70. The van der Waals surface area contributed by atoms with Crippen LogP contribution in [0.3, 0.4) is 0 Å². The van der Waals surface area contributed by atoms with Crippen molar-refractivity contribution < 1.29 is 9.57 Å². The molecule has 15 heavy (non-hydrogen) atoms. The fourth-order valence-electron chi connectivity index (χ4n) is 1.65. The summed E-state index contributed by atoms with van der Waals surface area (Å²) in [6.45, 7) is 4.28. The first-order valence-corrected chi connectivity index (χ1v) is 5.23. The van der Waals surface area contributed by atoms with E-state index in [1.54, 1.807) is 0 Å². The van der Waals surface area contributed by atoms with Crippen molar-refractivity contribution in [3.63, 3.8) is 0 Å². The van der Waals surface area contributed by atoms with E-state index in [1.165, 1.54) is 0 Å². The van der Waals surface area contributed by atoms with E-state index in [9.17, 15) is 0 Å². The van der Waals surface area contributed by atoms with E-state index in [0.717, 1.165) is 31.0 Å². The second-order valence-electron chi connectivity index (χ2n) is 3.48. The summed E-state index contributed by atoms with van der Waals surface area (Å²) >= 11 is 0. The highest BCUT2D eigenvalue weighted by molar-refractivity contribution is 5.59. The molecule has 0 aliphatic carbocycles. The number of nitrogens with zero attached hydrogens (tertiary/aromatic N) is 1. The summed E-state index contributed by atoms with van der Waals surface area (Å²) in [5.41, 5.74) is 7.46. The van der Waals surface area contributed by atoms with Gasteiger partial charge in [0, 0.05) is 24.4 Å². The second kappa shape index (κ2) is 4.40. The van der Waals surface area contributed by atoms with Crippen LogP contribution in [-0.4, -0.2) is 19.8 Å². The normalized spacial score (nSPS) is 15.7. The molecule has 0 bridgehead atoms. The SMILES string of the molecule is CCOc1cc(N)cc(N2CCCO2)c1. The zero-order valence-corrected chi connectivity index (χ0v) is 8.90. The minimum Gasteiger partial charge on any atom is -0.494 e. The summed E-state index contributed by atoms with van der Waals surface area (Å²) in [6.07, 6.45) is 1.05. The van der Waals surface area contributed by atoms with Crippen molar-refractivity contribution in [1.29, 1.82) is 0 Å². The van der Waals surface area contributed by atoms with Crippen LogP contribution in [0.2, 0.25) is 0 Å². The molecule has 0 unspecified atom stereocenters. The van der Waals surface area contributed by atoms with Crippen molar-refractivity contribution in [1.82, 2.24) is 0 Å². The molecule has 2 N–H and O–H groups in total. The summed E-state index contributed by atoms with van der Waals surface area (Å²) in [5, 5.41) is 1.86. The van der Waals surface area contributed by atoms with Crippen LogP contribution in [0, 0.1) is 0 Å². The van der Waals surface area contributed by atoms with Gasteiger partial charge in [0.1, 0.15) is 5.75 Å². The third-order valence-electron chi connectivity index (χ3n) is 2.27. The van der Waals surface area contributed by atoms with Crippen molar-refractivity contribution in [2.24, 2.45) is 0 Å². The van der Waals surface area contributed by atoms with Crippen molar-refractivity contribution in [3.05, 3.63) is 18.2 Å². The van der Waals surface area contributed by atoms with Gasteiger partial charge in [0.15, 0.2) is 0 Å². The van der Waals surface area contributed by atoms with Gasteiger partial charge in [-0.15, -0.1) is 0 Å². The molecule has 1 heterocycles. The molecular weight excluding hydrogens is 192 g/mol. The molecule has 0 aromatic heterocycles. The van der Waals surface area contributed by atoms with Crippen LogP contribution in [0.5, 0.6) is 5.75 Å². The molecule has 1 aliphatic rings. The summed E-state index contributed by atoms with van der Waals surface area (Å²) in [6, 6.07) is 5.67. The molecule has 0 spiro atoms. The summed E-state index contributed by atoms with van der Waals surface area (Å²) in [4.78, 5) is 5.45. The molecule has 1 aromatic carbocycles. The average molecular weight is 208 g/mol. The number of rotatable bonds is 3. The van der Waals surface area contributed by atoms with Gasteiger partial charge < -0.3 is 10.5 Å². The number of hydrogen-bond acceptors (Lipinski definition) is 4. The zero-order chi connectivity index (χ0) is 10.7. The van der Waals surface area contributed by atoms with Crippen molar-refractivity contribution in [2.45, 2.75) is 13.3 Å². The van der Waals surface area contributed by atoms with Gasteiger partial charge in [0.2, 0.25) is 0 Å². The van der Waals surface area contributed by atoms with Crippen molar-refractivity contribution >= 4 is 11.4 Å². The molecule has 82 valence electrons. The van der Waals surface area contributed by atoms with Crippen LogP contribution in [0.25, 0.3) is 0 Å². The van der Waals surface area contributed by atoms with Gasteiger partial charge in [-0.25, -0.2) is 0 Å². The minimum absolute atomic E-state index is 0.643. The van der Waals surface area contributed by atoms with Gasteiger partial charge in [-0.2, -0.15) is 0 Å². The van der Waals surface area contributed by atoms with Gasteiger partial charge in [-0.3, -0.25) is 9.90 Å². The molecule has 2 rings (SSSR count). The lowest BCUT2D eigenvalue weighted by Gasteiger charge is -2.17. The summed E-state index contributed by atoms with van der Waals surface area (Å²) in [7, 11) is 0. The van der Waals surface area contributed by atoms with Crippen molar-refractivity contribution in [3.8, 4) is 5.75 Å². The van der Waals surface area contributed by atoms with Gasteiger partial charge >= 0.3 is 0 Å². The molecule has 0 amide bonds.